The lowest BCUT2D eigenvalue weighted by molar-refractivity contribution is 0.112. The molecular weight excluding hydrogens is 212 g/mol. The number of hydrogen-bond acceptors (Lipinski definition) is 2. The number of carbonyl (C=O) groups is 1. The Morgan fingerprint density at radius 2 is 1.94 bits per heavy atom. The number of halogens is 2. The molecule has 0 atom stereocenters. The number of hydrogen-bond donors (Lipinski definition) is 0. The van der Waals surface area contributed by atoms with Gasteiger partial charge in [-0.1, -0.05) is 0 Å². The highest BCUT2D eigenvalue weighted by Gasteiger charge is 2.07. The smallest absolute Gasteiger partial charge is 0.150 e. The van der Waals surface area contributed by atoms with Gasteiger partial charge < -0.3 is 0 Å². The zero-order valence-electron chi connectivity index (χ0n) is 8.15. The van der Waals surface area contributed by atoms with Gasteiger partial charge in [0, 0.05) is 23.4 Å². The summed E-state index contributed by atoms with van der Waals surface area (Å²) in [4.78, 5) is 14.5. The molecular formula is C12H7F2NO. The van der Waals surface area contributed by atoms with Crippen molar-refractivity contribution in [1.82, 2.24) is 4.98 Å². The van der Waals surface area contributed by atoms with Crippen molar-refractivity contribution in [2.75, 3.05) is 0 Å². The number of carbonyl (C=O) groups excluding carboxylic acids is 1. The summed E-state index contributed by atoms with van der Waals surface area (Å²) < 4.78 is 26.1. The quantitative estimate of drug-likeness (QED) is 0.727. The van der Waals surface area contributed by atoms with Gasteiger partial charge in [0.15, 0.2) is 0 Å². The maximum Gasteiger partial charge on any atom is 0.150 e. The first kappa shape index (κ1) is 10.4. The summed E-state index contributed by atoms with van der Waals surface area (Å²) in [6, 6.07) is 6.18. The Kier molecular flexibility index (Phi) is 2.72. The van der Waals surface area contributed by atoms with Crippen LogP contribution in [0.15, 0.2) is 36.5 Å². The number of aromatic nitrogens is 1. The number of pyridine rings is 1. The van der Waals surface area contributed by atoms with Crippen molar-refractivity contribution in [3.05, 3.63) is 53.7 Å². The van der Waals surface area contributed by atoms with Crippen LogP contribution in [0, 0.1) is 11.6 Å². The number of rotatable bonds is 2. The van der Waals surface area contributed by atoms with Gasteiger partial charge in [-0.05, 0) is 24.3 Å². The molecule has 16 heavy (non-hydrogen) atoms. The van der Waals surface area contributed by atoms with Crippen LogP contribution in [-0.2, 0) is 0 Å². The second-order valence-corrected chi connectivity index (χ2v) is 3.22. The summed E-state index contributed by atoms with van der Waals surface area (Å²) in [6.07, 6.45) is 2.05. The molecule has 2 aromatic rings. The minimum Gasteiger partial charge on any atom is -0.298 e. The third-order valence-electron chi connectivity index (χ3n) is 2.13. The van der Waals surface area contributed by atoms with Crippen molar-refractivity contribution in [2.45, 2.75) is 0 Å². The summed E-state index contributed by atoms with van der Waals surface area (Å²) in [5, 5.41) is 0. The topological polar surface area (TPSA) is 30.0 Å². The van der Waals surface area contributed by atoms with Crippen molar-refractivity contribution in [1.29, 1.82) is 0 Å². The molecule has 0 bridgehead atoms. The van der Waals surface area contributed by atoms with Gasteiger partial charge in [-0.15, -0.1) is 0 Å². The van der Waals surface area contributed by atoms with Crippen LogP contribution >= 0.6 is 0 Å². The Bertz CT molecular complexity index is 540. The van der Waals surface area contributed by atoms with Gasteiger partial charge in [0.1, 0.15) is 17.9 Å². The fourth-order valence-corrected chi connectivity index (χ4v) is 1.36. The van der Waals surface area contributed by atoms with Crippen molar-refractivity contribution in [3.63, 3.8) is 0 Å². The van der Waals surface area contributed by atoms with Crippen LogP contribution in [0.3, 0.4) is 0 Å². The normalized spacial score (nSPS) is 10.1. The zero-order chi connectivity index (χ0) is 11.5. The first-order valence-electron chi connectivity index (χ1n) is 4.57. The molecule has 4 heteroatoms. The molecule has 0 aliphatic heterocycles. The third kappa shape index (κ3) is 1.95. The van der Waals surface area contributed by atoms with E-state index in [9.17, 15) is 13.6 Å². The summed E-state index contributed by atoms with van der Waals surface area (Å²) in [7, 11) is 0. The number of benzene rings is 1. The third-order valence-corrected chi connectivity index (χ3v) is 2.13. The molecule has 0 saturated heterocycles. The minimum atomic E-state index is -0.699. The fraction of sp³-hybridized carbons (Fsp3) is 0. The van der Waals surface area contributed by atoms with Gasteiger partial charge in [0.25, 0.3) is 0 Å². The van der Waals surface area contributed by atoms with Crippen molar-refractivity contribution in [2.24, 2.45) is 0 Å². The van der Waals surface area contributed by atoms with Crippen LogP contribution in [-0.4, -0.2) is 11.3 Å². The number of aldehydes is 1. The average molecular weight is 219 g/mol. The van der Waals surface area contributed by atoms with Crippen molar-refractivity contribution < 1.29 is 13.6 Å². The van der Waals surface area contributed by atoms with Gasteiger partial charge >= 0.3 is 0 Å². The average Bonchev–Trinajstić information content (AvgIpc) is 2.29. The highest BCUT2D eigenvalue weighted by molar-refractivity contribution is 5.77. The second kappa shape index (κ2) is 4.18. The molecule has 80 valence electrons. The molecule has 0 spiro atoms. The first-order chi connectivity index (χ1) is 7.70. The van der Waals surface area contributed by atoms with Crippen LogP contribution in [0.2, 0.25) is 0 Å². The highest BCUT2D eigenvalue weighted by atomic mass is 19.1. The van der Waals surface area contributed by atoms with E-state index >= 15 is 0 Å². The van der Waals surface area contributed by atoms with Crippen LogP contribution in [0.4, 0.5) is 8.78 Å². The van der Waals surface area contributed by atoms with Gasteiger partial charge in [-0.25, -0.2) is 8.78 Å². The van der Waals surface area contributed by atoms with E-state index in [1.165, 1.54) is 24.4 Å². The maximum absolute atomic E-state index is 13.4. The first-order valence-corrected chi connectivity index (χ1v) is 4.57. The summed E-state index contributed by atoms with van der Waals surface area (Å²) >= 11 is 0. The standard InChI is InChI=1S/C12H7F2NO/c13-9-1-2-10(11(14)6-9)12-5-8(7-16)3-4-15-12/h1-7H. The number of nitrogens with zero attached hydrogens (tertiary/aromatic N) is 1. The molecule has 0 fully saturated rings. The lowest BCUT2D eigenvalue weighted by atomic mass is 10.1. The van der Waals surface area contributed by atoms with E-state index < -0.39 is 11.6 Å². The Morgan fingerprint density at radius 3 is 2.62 bits per heavy atom. The Hall–Kier alpha value is -2.10. The Balaban J connectivity index is 2.53. The van der Waals surface area contributed by atoms with Gasteiger partial charge in [0.05, 0.1) is 5.69 Å². The van der Waals surface area contributed by atoms with Crippen LogP contribution in [0.5, 0.6) is 0 Å². The van der Waals surface area contributed by atoms with Gasteiger partial charge in [-0.2, -0.15) is 0 Å². The predicted octanol–water partition coefficient (Wildman–Crippen LogP) is 2.84. The molecule has 0 amide bonds. The summed E-state index contributed by atoms with van der Waals surface area (Å²) in [5.74, 6) is -1.34. The van der Waals surface area contributed by atoms with E-state index in [4.69, 9.17) is 0 Å². The Morgan fingerprint density at radius 1 is 1.12 bits per heavy atom. The molecule has 2 rings (SSSR count). The molecule has 0 N–H and O–H groups in total. The zero-order valence-corrected chi connectivity index (χ0v) is 8.15. The van der Waals surface area contributed by atoms with E-state index in [0.29, 0.717) is 17.5 Å². The minimum absolute atomic E-state index is 0.171. The lowest BCUT2D eigenvalue weighted by Crippen LogP contribution is -1.91. The molecule has 0 radical (unpaired) electrons. The SMILES string of the molecule is O=Cc1ccnc(-c2ccc(F)cc2F)c1. The van der Waals surface area contributed by atoms with E-state index in [0.717, 1.165) is 12.1 Å². The van der Waals surface area contributed by atoms with Crippen LogP contribution in [0.1, 0.15) is 10.4 Å². The molecule has 0 aliphatic rings. The van der Waals surface area contributed by atoms with Crippen LogP contribution in [0.25, 0.3) is 11.3 Å². The predicted molar refractivity (Wildman–Crippen MR) is 55.0 cm³/mol. The maximum atomic E-state index is 13.4. The molecule has 0 aliphatic carbocycles. The van der Waals surface area contributed by atoms with E-state index in [1.807, 2.05) is 0 Å². The molecule has 1 aromatic carbocycles. The summed E-state index contributed by atoms with van der Waals surface area (Å²) in [6.45, 7) is 0. The van der Waals surface area contributed by atoms with E-state index in [2.05, 4.69) is 4.98 Å². The van der Waals surface area contributed by atoms with Crippen molar-refractivity contribution >= 4 is 6.29 Å². The fourth-order valence-electron chi connectivity index (χ4n) is 1.36. The van der Waals surface area contributed by atoms with Gasteiger partial charge in [-0.3, -0.25) is 9.78 Å². The largest absolute Gasteiger partial charge is 0.298 e. The second-order valence-electron chi connectivity index (χ2n) is 3.22. The highest BCUT2D eigenvalue weighted by Crippen LogP contribution is 2.21. The lowest BCUT2D eigenvalue weighted by Gasteiger charge is -2.02. The molecule has 1 aromatic heterocycles. The Labute approximate surface area is 90.6 Å². The van der Waals surface area contributed by atoms with E-state index in [1.54, 1.807) is 0 Å². The molecule has 0 unspecified atom stereocenters. The monoisotopic (exact) mass is 219 g/mol. The molecule has 1 heterocycles. The summed E-state index contributed by atoms with van der Waals surface area (Å²) in [5.41, 5.74) is 0.876. The molecule has 2 nitrogen and oxygen atoms in total. The van der Waals surface area contributed by atoms with Gasteiger partial charge in [0.2, 0.25) is 0 Å². The van der Waals surface area contributed by atoms with Crippen molar-refractivity contribution in [3.8, 4) is 11.3 Å². The van der Waals surface area contributed by atoms with Crippen LogP contribution < -0.4 is 0 Å². The van der Waals surface area contributed by atoms with E-state index in [-0.39, 0.29) is 5.56 Å². The molecule has 0 saturated carbocycles.